The van der Waals surface area contributed by atoms with Gasteiger partial charge in [-0.2, -0.15) is 0 Å². The number of ether oxygens (including phenoxy) is 2. The summed E-state index contributed by atoms with van der Waals surface area (Å²) in [5.74, 6) is -1.20. The van der Waals surface area contributed by atoms with Crippen LogP contribution in [0.2, 0.25) is 0 Å². The molecule has 1 fully saturated rings. The Morgan fingerprint density at radius 1 is 1.16 bits per heavy atom. The molecule has 1 unspecified atom stereocenters. The van der Waals surface area contributed by atoms with Crippen LogP contribution in [-0.4, -0.2) is 46.2 Å². The standard InChI is InChI=1S/C22H26N2O6S/c1-15-5-3-6-17(11-15)24-31(27,28)19-9-8-16(2)20(12-19)22(26)30-14-21(25)23-13-18-7-4-10-29-18/h3,5-6,8-9,11-12,18,24H,4,7,10,13-14H2,1-2H3,(H,23,25). The van der Waals surface area contributed by atoms with Crippen molar-refractivity contribution in [3.8, 4) is 0 Å². The number of nitrogens with one attached hydrogen (secondary N) is 2. The summed E-state index contributed by atoms with van der Waals surface area (Å²) in [5, 5.41) is 2.67. The summed E-state index contributed by atoms with van der Waals surface area (Å²) in [6.07, 6.45) is 1.84. The molecule has 31 heavy (non-hydrogen) atoms. The molecule has 0 bridgehead atoms. The second-order valence-corrected chi connectivity index (χ2v) is 9.15. The van der Waals surface area contributed by atoms with Crippen molar-refractivity contribution in [2.24, 2.45) is 0 Å². The van der Waals surface area contributed by atoms with Crippen LogP contribution in [0.4, 0.5) is 5.69 Å². The molecular formula is C22H26N2O6S. The zero-order valence-electron chi connectivity index (χ0n) is 17.5. The van der Waals surface area contributed by atoms with E-state index in [0.29, 0.717) is 24.4 Å². The summed E-state index contributed by atoms with van der Waals surface area (Å²) in [4.78, 5) is 24.3. The average molecular weight is 447 g/mol. The summed E-state index contributed by atoms with van der Waals surface area (Å²) < 4.78 is 38.5. The van der Waals surface area contributed by atoms with Gasteiger partial charge in [0, 0.05) is 18.8 Å². The fourth-order valence-corrected chi connectivity index (χ4v) is 4.28. The number of esters is 1. The van der Waals surface area contributed by atoms with E-state index in [4.69, 9.17) is 9.47 Å². The van der Waals surface area contributed by atoms with Gasteiger partial charge in [0.2, 0.25) is 0 Å². The Hall–Kier alpha value is -2.91. The molecule has 0 radical (unpaired) electrons. The molecule has 1 amide bonds. The van der Waals surface area contributed by atoms with Crippen LogP contribution in [0.15, 0.2) is 47.4 Å². The molecule has 1 atom stereocenters. The molecule has 2 aromatic rings. The van der Waals surface area contributed by atoms with Crippen molar-refractivity contribution in [3.05, 3.63) is 59.2 Å². The minimum Gasteiger partial charge on any atom is -0.452 e. The maximum atomic E-state index is 12.7. The Morgan fingerprint density at radius 2 is 1.97 bits per heavy atom. The first-order chi connectivity index (χ1) is 14.7. The number of benzene rings is 2. The van der Waals surface area contributed by atoms with Gasteiger partial charge in [0.25, 0.3) is 15.9 Å². The van der Waals surface area contributed by atoms with Gasteiger partial charge in [0.05, 0.1) is 16.6 Å². The quantitative estimate of drug-likeness (QED) is 0.603. The van der Waals surface area contributed by atoms with Crippen molar-refractivity contribution in [3.63, 3.8) is 0 Å². The zero-order valence-corrected chi connectivity index (χ0v) is 18.3. The third-order valence-corrected chi connectivity index (χ3v) is 6.27. The van der Waals surface area contributed by atoms with E-state index in [1.165, 1.54) is 18.2 Å². The number of anilines is 1. The fourth-order valence-electron chi connectivity index (χ4n) is 3.20. The number of aryl methyl sites for hydroxylation is 2. The Morgan fingerprint density at radius 3 is 2.68 bits per heavy atom. The fraction of sp³-hybridized carbons (Fsp3) is 0.364. The molecular weight excluding hydrogens is 420 g/mol. The number of carbonyl (C=O) groups is 2. The molecule has 1 aliphatic heterocycles. The molecule has 2 N–H and O–H groups in total. The summed E-state index contributed by atoms with van der Waals surface area (Å²) >= 11 is 0. The van der Waals surface area contributed by atoms with Crippen molar-refractivity contribution >= 4 is 27.6 Å². The largest absolute Gasteiger partial charge is 0.452 e. The molecule has 166 valence electrons. The number of hydrogen-bond acceptors (Lipinski definition) is 6. The van der Waals surface area contributed by atoms with Crippen LogP contribution in [-0.2, 0) is 24.3 Å². The summed E-state index contributed by atoms with van der Waals surface area (Å²) in [6.45, 7) is 4.12. The smallest absolute Gasteiger partial charge is 0.338 e. The van der Waals surface area contributed by atoms with Crippen LogP contribution >= 0.6 is 0 Å². The lowest BCUT2D eigenvalue weighted by atomic mass is 10.1. The van der Waals surface area contributed by atoms with E-state index in [2.05, 4.69) is 10.0 Å². The van der Waals surface area contributed by atoms with E-state index in [-0.39, 0.29) is 16.6 Å². The van der Waals surface area contributed by atoms with Gasteiger partial charge in [-0.3, -0.25) is 9.52 Å². The number of sulfonamides is 1. The Kier molecular flexibility index (Phi) is 7.29. The molecule has 1 heterocycles. The lowest BCUT2D eigenvalue weighted by Gasteiger charge is -2.13. The molecule has 1 saturated heterocycles. The lowest BCUT2D eigenvalue weighted by molar-refractivity contribution is -0.124. The van der Waals surface area contributed by atoms with Crippen LogP contribution in [0.5, 0.6) is 0 Å². The van der Waals surface area contributed by atoms with E-state index in [9.17, 15) is 18.0 Å². The molecule has 9 heteroatoms. The van der Waals surface area contributed by atoms with Gasteiger partial charge < -0.3 is 14.8 Å². The first kappa shape index (κ1) is 22.8. The van der Waals surface area contributed by atoms with Gasteiger partial charge in [-0.25, -0.2) is 13.2 Å². The van der Waals surface area contributed by atoms with Crippen LogP contribution < -0.4 is 10.0 Å². The third kappa shape index (κ3) is 6.28. The third-order valence-electron chi connectivity index (χ3n) is 4.89. The minimum atomic E-state index is -3.90. The van der Waals surface area contributed by atoms with E-state index in [1.807, 2.05) is 13.0 Å². The lowest BCUT2D eigenvalue weighted by Crippen LogP contribution is -2.34. The minimum absolute atomic E-state index is 0.00955. The van der Waals surface area contributed by atoms with Gasteiger partial charge in [0.15, 0.2) is 6.61 Å². The van der Waals surface area contributed by atoms with E-state index < -0.39 is 28.5 Å². The Balaban J connectivity index is 1.64. The molecule has 2 aromatic carbocycles. The van der Waals surface area contributed by atoms with Gasteiger partial charge in [0.1, 0.15) is 0 Å². The first-order valence-electron chi connectivity index (χ1n) is 10.0. The number of carbonyl (C=O) groups excluding carboxylic acids is 2. The van der Waals surface area contributed by atoms with Gasteiger partial charge in [-0.1, -0.05) is 18.2 Å². The second kappa shape index (κ2) is 9.93. The van der Waals surface area contributed by atoms with Crippen molar-refractivity contribution < 1.29 is 27.5 Å². The van der Waals surface area contributed by atoms with Crippen LogP contribution in [0.1, 0.15) is 34.3 Å². The van der Waals surface area contributed by atoms with E-state index in [0.717, 1.165) is 18.4 Å². The van der Waals surface area contributed by atoms with Crippen LogP contribution in [0.3, 0.4) is 0 Å². The predicted octanol–water partition coefficient (Wildman–Crippen LogP) is 2.56. The SMILES string of the molecule is Cc1cccc(NS(=O)(=O)c2ccc(C)c(C(=O)OCC(=O)NCC3CCCO3)c2)c1. The highest BCUT2D eigenvalue weighted by atomic mass is 32.2. The molecule has 0 aromatic heterocycles. The summed E-state index contributed by atoms with van der Waals surface area (Å²) in [6, 6.07) is 11.1. The first-order valence-corrected chi connectivity index (χ1v) is 11.5. The van der Waals surface area contributed by atoms with E-state index >= 15 is 0 Å². The molecule has 0 spiro atoms. The maximum absolute atomic E-state index is 12.7. The van der Waals surface area contributed by atoms with Crippen molar-refractivity contribution in [1.29, 1.82) is 0 Å². The number of hydrogen-bond donors (Lipinski definition) is 2. The number of amides is 1. The zero-order chi connectivity index (χ0) is 22.4. The monoisotopic (exact) mass is 446 g/mol. The summed E-state index contributed by atoms with van der Waals surface area (Å²) in [7, 11) is -3.90. The van der Waals surface area contributed by atoms with Crippen molar-refractivity contribution in [2.45, 2.75) is 37.7 Å². The van der Waals surface area contributed by atoms with Crippen LogP contribution in [0, 0.1) is 13.8 Å². The average Bonchev–Trinajstić information content (AvgIpc) is 3.24. The highest BCUT2D eigenvalue weighted by Crippen LogP contribution is 2.20. The molecule has 8 nitrogen and oxygen atoms in total. The van der Waals surface area contributed by atoms with Crippen LogP contribution in [0.25, 0.3) is 0 Å². The van der Waals surface area contributed by atoms with Crippen molar-refractivity contribution in [1.82, 2.24) is 5.32 Å². The number of rotatable bonds is 8. The molecule has 3 rings (SSSR count). The molecule has 0 saturated carbocycles. The molecule has 0 aliphatic carbocycles. The van der Waals surface area contributed by atoms with E-state index in [1.54, 1.807) is 25.1 Å². The Labute approximate surface area is 182 Å². The Bertz CT molecular complexity index is 1060. The van der Waals surface area contributed by atoms with Gasteiger partial charge >= 0.3 is 5.97 Å². The topological polar surface area (TPSA) is 111 Å². The maximum Gasteiger partial charge on any atom is 0.338 e. The predicted molar refractivity (Wildman–Crippen MR) is 115 cm³/mol. The normalized spacial score (nSPS) is 16.0. The highest BCUT2D eigenvalue weighted by molar-refractivity contribution is 7.92. The highest BCUT2D eigenvalue weighted by Gasteiger charge is 2.20. The molecule has 1 aliphatic rings. The summed E-state index contributed by atoms with van der Waals surface area (Å²) in [5.41, 5.74) is 1.96. The van der Waals surface area contributed by atoms with Crippen molar-refractivity contribution in [2.75, 3.05) is 24.5 Å². The van der Waals surface area contributed by atoms with Gasteiger partial charge in [-0.15, -0.1) is 0 Å². The second-order valence-electron chi connectivity index (χ2n) is 7.47. The van der Waals surface area contributed by atoms with Gasteiger partial charge in [-0.05, 0) is 62.1 Å².